The molecule has 3 nitrogen and oxygen atoms in total. The van der Waals surface area contributed by atoms with Gasteiger partial charge in [0.05, 0.1) is 0 Å². The number of rotatable bonds is 10. The number of aryl methyl sites for hydroxylation is 1. The van der Waals surface area contributed by atoms with Gasteiger partial charge in [-0.1, -0.05) is 44.2 Å². The normalized spacial score (nSPS) is 12.6. The summed E-state index contributed by atoms with van der Waals surface area (Å²) >= 11 is 0. The lowest BCUT2D eigenvalue weighted by Gasteiger charge is -2.24. The summed E-state index contributed by atoms with van der Waals surface area (Å²) < 4.78 is 0. The molecule has 1 N–H and O–H groups in total. The highest BCUT2D eigenvalue weighted by atomic mass is 16.1. The number of hydrogen-bond acceptors (Lipinski definition) is 2. The Hall–Kier alpha value is -1.35. The third kappa shape index (κ3) is 7.60. The van der Waals surface area contributed by atoms with Gasteiger partial charge in [0.1, 0.15) is 0 Å². The van der Waals surface area contributed by atoms with E-state index in [4.69, 9.17) is 0 Å². The van der Waals surface area contributed by atoms with Crippen molar-refractivity contribution in [1.82, 2.24) is 10.2 Å². The van der Waals surface area contributed by atoms with E-state index in [1.165, 1.54) is 5.56 Å². The molecule has 0 saturated heterocycles. The standard InChI is InChI=1S/C19H32N2O/c1-5-21(16(2)3)14-13-20-19(22)15-17(4)11-12-18-9-7-6-8-10-18/h6-10,16-17H,5,11-15H2,1-4H3,(H,20,22). The van der Waals surface area contributed by atoms with Gasteiger partial charge in [0.2, 0.25) is 5.91 Å². The van der Waals surface area contributed by atoms with Crippen molar-refractivity contribution in [3.63, 3.8) is 0 Å². The number of nitrogens with one attached hydrogen (secondary N) is 1. The Morgan fingerprint density at radius 3 is 2.45 bits per heavy atom. The molecular weight excluding hydrogens is 272 g/mol. The number of benzene rings is 1. The largest absolute Gasteiger partial charge is 0.355 e. The summed E-state index contributed by atoms with van der Waals surface area (Å²) in [5.41, 5.74) is 1.35. The SMILES string of the molecule is CCN(CCNC(=O)CC(C)CCc1ccccc1)C(C)C. The maximum absolute atomic E-state index is 12.0. The quantitative estimate of drug-likeness (QED) is 0.717. The van der Waals surface area contributed by atoms with Crippen LogP contribution in [0.2, 0.25) is 0 Å². The van der Waals surface area contributed by atoms with Crippen molar-refractivity contribution >= 4 is 5.91 Å². The Labute approximate surface area is 136 Å². The van der Waals surface area contributed by atoms with Crippen LogP contribution in [-0.2, 0) is 11.2 Å². The van der Waals surface area contributed by atoms with Crippen molar-refractivity contribution < 1.29 is 4.79 Å². The lowest BCUT2D eigenvalue weighted by atomic mass is 9.98. The molecule has 1 atom stereocenters. The molecule has 1 aromatic carbocycles. The lowest BCUT2D eigenvalue weighted by Crippen LogP contribution is -2.38. The van der Waals surface area contributed by atoms with E-state index in [2.05, 4.69) is 62.2 Å². The fraction of sp³-hybridized carbons (Fsp3) is 0.632. The van der Waals surface area contributed by atoms with Crippen LogP contribution in [0.15, 0.2) is 30.3 Å². The first-order chi connectivity index (χ1) is 10.5. The van der Waals surface area contributed by atoms with Gasteiger partial charge in [0.15, 0.2) is 0 Å². The lowest BCUT2D eigenvalue weighted by molar-refractivity contribution is -0.122. The zero-order chi connectivity index (χ0) is 16.4. The number of hydrogen-bond donors (Lipinski definition) is 1. The van der Waals surface area contributed by atoms with Crippen LogP contribution >= 0.6 is 0 Å². The van der Waals surface area contributed by atoms with Crippen molar-refractivity contribution in [1.29, 1.82) is 0 Å². The second-order valence-electron chi connectivity index (χ2n) is 6.41. The molecule has 1 rings (SSSR count). The topological polar surface area (TPSA) is 32.3 Å². The number of amides is 1. The molecule has 0 fully saturated rings. The van der Waals surface area contributed by atoms with Crippen molar-refractivity contribution in [2.75, 3.05) is 19.6 Å². The first kappa shape index (κ1) is 18.7. The Morgan fingerprint density at radius 1 is 1.18 bits per heavy atom. The molecule has 0 aliphatic heterocycles. The molecule has 0 spiro atoms. The molecule has 0 saturated carbocycles. The molecule has 124 valence electrons. The van der Waals surface area contributed by atoms with E-state index >= 15 is 0 Å². The maximum Gasteiger partial charge on any atom is 0.220 e. The van der Waals surface area contributed by atoms with Crippen molar-refractivity contribution in [3.8, 4) is 0 Å². The molecule has 1 aromatic rings. The zero-order valence-electron chi connectivity index (χ0n) is 14.6. The fourth-order valence-electron chi connectivity index (χ4n) is 2.67. The highest BCUT2D eigenvalue weighted by Gasteiger charge is 2.10. The van der Waals surface area contributed by atoms with Crippen LogP contribution in [0.25, 0.3) is 0 Å². The third-order valence-electron chi connectivity index (χ3n) is 4.16. The van der Waals surface area contributed by atoms with E-state index in [1.807, 2.05) is 6.07 Å². The fourth-order valence-corrected chi connectivity index (χ4v) is 2.67. The van der Waals surface area contributed by atoms with Crippen LogP contribution in [0.1, 0.15) is 46.1 Å². The van der Waals surface area contributed by atoms with Gasteiger partial charge in [-0.2, -0.15) is 0 Å². The van der Waals surface area contributed by atoms with Crippen LogP contribution in [0.5, 0.6) is 0 Å². The first-order valence-corrected chi connectivity index (χ1v) is 8.57. The van der Waals surface area contributed by atoms with Gasteiger partial charge in [-0.3, -0.25) is 9.69 Å². The molecule has 0 aliphatic carbocycles. The van der Waals surface area contributed by atoms with Crippen molar-refractivity contribution in [3.05, 3.63) is 35.9 Å². The van der Waals surface area contributed by atoms with Crippen molar-refractivity contribution in [2.45, 2.75) is 53.0 Å². The van der Waals surface area contributed by atoms with E-state index in [-0.39, 0.29) is 5.91 Å². The number of likely N-dealkylation sites (N-methyl/N-ethyl adjacent to an activating group) is 1. The van der Waals surface area contributed by atoms with E-state index in [9.17, 15) is 4.79 Å². The van der Waals surface area contributed by atoms with Gasteiger partial charge in [0, 0.05) is 25.6 Å². The number of carbonyl (C=O) groups excluding carboxylic acids is 1. The second kappa shape index (κ2) is 10.4. The van der Waals surface area contributed by atoms with Crippen LogP contribution in [0, 0.1) is 5.92 Å². The van der Waals surface area contributed by atoms with Gasteiger partial charge < -0.3 is 5.32 Å². The summed E-state index contributed by atoms with van der Waals surface area (Å²) in [6, 6.07) is 11.0. The zero-order valence-corrected chi connectivity index (χ0v) is 14.6. The number of nitrogens with zero attached hydrogens (tertiary/aromatic N) is 1. The highest BCUT2D eigenvalue weighted by molar-refractivity contribution is 5.76. The summed E-state index contributed by atoms with van der Waals surface area (Å²) in [7, 11) is 0. The minimum atomic E-state index is 0.181. The average Bonchev–Trinajstić information content (AvgIpc) is 2.50. The molecule has 0 bridgehead atoms. The van der Waals surface area contributed by atoms with Gasteiger partial charge in [-0.15, -0.1) is 0 Å². The van der Waals surface area contributed by atoms with E-state index in [1.54, 1.807) is 0 Å². The predicted molar refractivity (Wildman–Crippen MR) is 93.9 cm³/mol. The maximum atomic E-state index is 12.0. The molecule has 0 aliphatic rings. The summed E-state index contributed by atoms with van der Waals surface area (Å²) in [4.78, 5) is 14.3. The molecule has 1 amide bonds. The highest BCUT2D eigenvalue weighted by Crippen LogP contribution is 2.12. The van der Waals surface area contributed by atoms with Gasteiger partial charge in [-0.05, 0) is 44.7 Å². The molecule has 0 aromatic heterocycles. The summed E-state index contributed by atoms with van der Waals surface area (Å²) in [5.74, 6) is 0.605. The summed E-state index contributed by atoms with van der Waals surface area (Å²) in [6.45, 7) is 11.4. The smallest absolute Gasteiger partial charge is 0.220 e. The Bertz CT molecular complexity index is 417. The van der Waals surface area contributed by atoms with Gasteiger partial charge in [-0.25, -0.2) is 0 Å². The molecule has 1 unspecified atom stereocenters. The van der Waals surface area contributed by atoms with Gasteiger partial charge >= 0.3 is 0 Å². The molecule has 3 heteroatoms. The molecule has 22 heavy (non-hydrogen) atoms. The van der Waals surface area contributed by atoms with Gasteiger partial charge in [0.25, 0.3) is 0 Å². The predicted octanol–water partition coefficient (Wildman–Crippen LogP) is 3.49. The molecular formula is C19H32N2O. The van der Waals surface area contributed by atoms with E-state index < -0.39 is 0 Å². The molecule has 0 radical (unpaired) electrons. The Kier molecular flexibility index (Phi) is 8.83. The summed E-state index contributed by atoms with van der Waals surface area (Å²) in [6.07, 6.45) is 2.73. The minimum Gasteiger partial charge on any atom is -0.355 e. The van der Waals surface area contributed by atoms with E-state index in [0.717, 1.165) is 32.5 Å². The van der Waals surface area contributed by atoms with Crippen LogP contribution < -0.4 is 5.32 Å². The van der Waals surface area contributed by atoms with Crippen LogP contribution in [-0.4, -0.2) is 36.5 Å². The molecule has 0 heterocycles. The number of carbonyl (C=O) groups is 1. The van der Waals surface area contributed by atoms with Crippen LogP contribution in [0.3, 0.4) is 0 Å². The minimum absolute atomic E-state index is 0.181. The Morgan fingerprint density at radius 2 is 1.86 bits per heavy atom. The van der Waals surface area contributed by atoms with E-state index in [0.29, 0.717) is 18.4 Å². The summed E-state index contributed by atoms with van der Waals surface area (Å²) in [5, 5.41) is 3.05. The monoisotopic (exact) mass is 304 g/mol. The Balaban J connectivity index is 2.18. The second-order valence-corrected chi connectivity index (χ2v) is 6.41. The van der Waals surface area contributed by atoms with Crippen molar-refractivity contribution in [2.24, 2.45) is 5.92 Å². The average molecular weight is 304 g/mol. The van der Waals surface area contributed by atoms with Crippen LogP contribution in [0.4, 0.5) is 0 Å². The third-order valence-corrected chi connectivity index (χ3v) is 4.16. The first-order valence-electron chi connectivity index (χ1n) is 8.57.